The monoisotopic (exact) mass is 337 g/mol. The molecule has 4 heteroatoms. The van der Waals surface area contributed by atoms with E-state index in [1.165, 1.54) is 5.56 Å². The van der Waals surface area contributed by atoms with Crippen molar-refractivity contribution >= 4 is 39.1 Å². The van der Waals surface area contributed by atoms with Crippen LogP contribution in [-0.4, -0.2) is 5.91 Å². The third-order valence-corrected chi connectivity index (χ3v) is 4.03. The quantitative estimate of drug-likeness (QED) is 0.823. The van der Waals surface area contributed by atoms with Gasteiger partial charge < -0.3 is 5.32 Å². The molecule has 0 bridgehead atoms. The lowest BCUT2D eigenvalue weighted by molar-refractivity contribution is 0.102. The highest BCUT2D eigenvalue weighted by atomic mass is 79.9. The first-order chi connectivity index (χ1) is 8.97. The van der Waals surface area contributed by atoms with E-state index in [9.17, 15) is 4.79 Å². The minimum atomic E-state index is -0.149. The predicted molar refractivity (Wildman–Crippen MR) is 83.0 cm³/mol. The third-order valence-electron chi connectivity index (χ3n) is 2.81. The topological polar surface area (TPSA) is 29.1 Å². The van der Waals surface area contributed by atoms with Gasteiger partial charge in [0, 0.05) is 15.7 Å². The number of nitrogens with one attached hydrogen (secondary N) is 1. The van der Waals surface area contributed by atoms with Crippen LogP contribution >= 0.6 is 27.5 Å². The summed E-state index contributed by atoms with van der Waals surface area (Å²) in [5.74, 6) is -0.149. The number of rotatable bonds is 2. The molecule has 0 heterocycles. The highest BCUT2D eigenvalue weighted by Gasteiger charge is 2.09. The summed E-state index contributed by atoms with van der Waals surface area (Å²) in [6, 6.07) is 11.0. The lowest BCUT2D eigenvalue weighted by Gasteiger charge is -2.09. The lowest BCUT2D eigenvalue weighted by atomic mass is 10.1. The zero-order valence-electron chi connectivity index (χ0n) is 10.6. The number of benzene rings is 2. The molecule has 1 N–H and O–H groups in total. The van der Waals surface area contributed by atoms with Crippen LogP contribution in [0.3, 0.4) is 0 Å². The summed E-state index contributed by atoms with van der Waals surface area (Å²) in [4.78, 5) is 12.1. The largest absolute Gasteiger partial charge is 0.322 e. The van der Waals surface area contributed by atoms with Gasteiger partial charge in [-0.15, -0.1) is 0 Å². The van der Waals surface area contributed by atoms with Crippen LogP contribution in [0.2, 0.25) is 5.02 Å². The van der Waals surface area contributed by atoms with E-state index < -0.39 is 0 Å². The molecule has 0 aliphatic carbocycles. The summed E-state index contributed by atoms with van der Waals surface area (Å²) in [7, 11) is 0. The van der Waals surface area contributed by atoms with E-state index in [1.54, 1.807) is 18.2 Å². The Labute approximate surface area is 125 Å². The van der Waals surface area contributed by atoms with E-state index >= 15 is 0 Å². The van der Waals surface area contributed by atoms with Gasteiger partial charge in [0.1, 0.15) is 0 Å². The number of hydrogen-bond acceptors (Lipinski definition) is 1. The SMILES string of the molecule is Cc1ccc(NC(=O)c2ccc(Cl)c(Br)c2)c(C)c1. The van der Waals surface area contributed by atoms with E-state index in [0.29, 0.717) is 15.1 Å². The van der Waals surface area contributed by atoms with Crippen molar-refractivity contribution in [2.45, 2.75) is 13.8 Å². The molecular weight excluding hydrogens is 326 g/mol. The number of anilines is 1. The summed E-state index contributed by atoms with van der Waals surface area (Å²) in [5.41, 5.74) is 3.60. The predicted octanol–water partition coefficient (Wildman–Crippen LogP) is 4.97. The maximum atomic E-state index is 12.1. The number of carbonyl (C=O) groups excluding carboxylic acids is 1. The van der Waals surface area contributed by atoms with Gasteiger partial charge in [-0.05, 0) is 59.6 Å². The molecule has 0 unspecified atom stereocenters. The zero-order valence-corrected chi connectivity index (χ0v) is 13.0. The molecule has 0 fully saturated rings. The van der Waals surface area contributed by atoms with Crippen LogP contribution in [0, 0.1) is 13.8 Å². The maximum Gasteiger partial charge on any atom is 0.255 e. The van der Waals surface area contributed by atoms with Gasteiger partial charge >= 0.3 is 0 Å². The number of carbonyl (C=O) groups is 1. The number of amides is 1. The molecule has 0 spiro atoms. The Morgan fingerprint density at radius 2 is 1.89 bits per heavy atom. The molecule has 98 valence electrons. The molecule has 0 saturated carbocycles. The highest BCUT2D eigenvalue weighted by molar-refractivity contribution is 9.10. The van der Waals surface area contributed by atoms with E-state index in [0.717, 1.165) is 11.3 Å². The average molecular weight is 339 g/mol. The number of aryl methyl sites for hydroxylation is 2. The molecule has 2 rings (SSSR count). The Hall–Kier alpha value is -1.32. The number of hydrogen-bond donors (Lipinski definition) is 1. The van der Waals surface area contributed by atoms with Crippen molar-refractivity contribution in [3.8, 4) is 0 Å². The second-order valence-electron chi connectivity index (χ2n) is 4.40. The molecule has 19 heavy (non-hydrogen) atoms. The summed E-state index contributed by atoms with van der Waals surface area (Å²) >= 11 is 9.22. The van der Waals surface area contributed by atoms with Crippen LogP contribution in [0.25, 0.3) is 0 Å². The first-order valence-electron chi connectivity index (χ1n) is 5.81. The minimum absolute atomic E-state index is 0.149. The van der Waals surface area contributed by atoms with Crippen LogP contribution < -0.4 is 5.32 Å². The second kappa shape index (κ2) is 5.76. The first-order valence-corrected chi connectivity index (χ1v) is 6.98. The summed E-state index contributed by atoms with van der Waals surface area (Å²) in [6.07, 6.45) is 0. The van der Waals surface area contributed by atoms with Crippen molar-refractivity contribution in [1.29, 1.82) is 0 Å². The minimum Gasteiger partial charge on any atom is -0.322 e. The molecule has 2 nitrogen and oxygen atoms in total. The molecule has 0 aromatic heterocycles. The normalized spacial score (nSPS) is 10.3. The van der Waals surface area contributed by atoms with Gasteiger partial charge in [0.2, 0.25) is 0 Å². The van der Waals surface area contributed by atoms with E-state index in [2.05, 4.69) is 21.2 Å². The fourth-order valence-electron chi connectivity index (χ4n) is 1.79. The maximum absolute atomic E-state index is 12.1. The fraction of sp³-hybridized carbons (Fsp3) is 0.133. The van der Waals surface area contributed by atoms with Gasteiger partial charge in [0.05, 0.1) is 5.02 Å². The number of halogens is 2. The van der Waals surface area contributed by atoms with Crippen molar-refractivity contribution in [3.63, 3.8) is 0 Å². The molecule has 0 radical (unpaired) electrons. The third kappa shape index (κ3) is 3.37. The molecule has 0 aliphatic heterocycles. The van der Waals surface area contributed by atoms with Crippen molar-refractivity contribution < 1.29 is 4.79 Å². The van der Waals surface area contributed by atoms with Crippen LogP contribution in [-0.2, 0) is 0 Å². The molecular formula is C15H13BrClNO. The lowest BCUT2D eigenvalue weighted by Crippen LogP contribution is -2.12. The van der Waals surface area contributed by atoms with Gasteiger partial charge in [-0.2, -0.15) is 0 Å². The summed E-state index contributed by atoms with van der Waals surface area (Å²) in [5, 5.41) is 3.48. The van der Waals surface area contributed by atoms with Gasteiger partial charge in [0.15, 0.2) is 0 Å². The van der Waals surface area contributed by atoms with Crippen molar-refractivity contribution in [2.24, 2.45) is 0 Å². The van der Waals surface area contributed by atoms with E-state index in [-0.39, 0.29) is 5.91 Å². The Kier molecular flexibility index (Phi) is 4.27. The van der Waals surface area contributed by atoms with Crippen LogP contribution in [0.5, 0.6) is 0 Å². The second-order valence-corrected chi connectivity index (χ2v) is 5.66. The molecule has 0 saturated heterocycles. The highest BCUT2D eigenvalue weighted by Crippen LogP contribution is 2.24. The van der Waals surface area contributed by atoms with Gasteiger partial charge in [-0.3, -0.25) is 4.79 Å². The zero-order chi connectivity index (χ0) is 14.0. The van der Waals surface area contributed by atoms with Gasteiger partial charge in [-0.1, -0.05) is 29.3 Å². The fourth-order valence-corrected chi connectivity index (χ4v) is 2.28. The molecule has 2 aromatic carbocycles. The smallest absolute Gasteiger partial charge is 0.255 e. The van der Waals surface area contributed by atoms with Crippen LogP contribution in [0.4, 0.5) is 5.69 Å². The molecule has 1 amide bonds. The Balaban J connectivity index is 2.23. The Bertz CT molecular complexity index is 640. The first kappa shape index (κ1) is 14.1. The van der Waals surface area contributed by atoms with Crippen molar-refractivity contribution in [1.82, 2.24) is 0 Å². The van der Waals surface area contributed by atoms with Gasteiger partial charge in [-0.25, -0.2) is 0 Å². The van der Waals surface area contributed by atoms with E-state index in [4.69, 9.17) is 11.6 Å². The molecule has 2 aromatic rings. The molecule has 0 aliphatic rings. The Morgan fingerprint density at radius 3 is 2.53 bits per heavy atom. The molecule has 0 atom stereocenters. The standard InChI is InChI=1S/C15H13BrClNO/c1-9-3-6-14(10(2)7-9)18-15(19)11-4-5-13(17)12(16)8-11/h3-8H,1-2H3,(H,18,19). The van der Waals surface area contributed by atoms with E-state index in [1.807, 2.05) is 32.0 Å². The van der Waals surface area contributed by atoms with Crippen LogP contribution in [0.1, 0.15) is 21.5 Å². The Morgan fingerprint density at radius 1 is 1.16 bits per heavy atom. The van der Waals surface area contributed by atoms with Gasteiger partial charge in [0.25, 0.3) is 5.91 Å². The van der Waals surface area contributed by atoms with Crippen LogP contribution in [0.15, 0.2) is 40.9 Å². The summed E-state index contributed by atoms with van der Waals surface area (Å²) < 4.78 is 0.711. The summed E-state index contributed by atoms with van der Waals surface area (Å²) in [6.45, 7) is 4.00. The van der Waals surface area contributed by atoms with Crippen molar-refractivity contribution in [2.75, 3.05) is 5.32 Å². The van der Waals surface area contributed by atoms with Crippen molar-refractivity contribution in [3.05, 3.63) is 62.6 Å². The average Bonchev–Trinajstić information content (AvgIpc) is 2.36.